The van der Waals surface area contributed by atoms with Gasteiger partial charge in [-0.15, -0.1) is 0 Å². The van der Waals surface area contributed by atoms with Crippen LogP contribution in [0.3, 0.4) is 0 Å². The molecule has 9 heteroatoms. The summed E-state index contributed by atoms with van der Waals surface area (Å²) in [5.74, 6) is 0.0144. The van der Waals surface area contributed by atoms with E-state index in [1.807, 2.05) is 18.0 Å². The molecule has 136 valence electrons. The summed E-state index contributed by atoms with van der Waals surface area (Å²) in [6.45, 7) is 0.621. The molecule has 0 spiro atoms. The predicted octanol–water partition coefficient (Wildman–Crippen LogP) is 2.00. The summed E-state index contributed by atoms with van der Waals surface area (Å²) >= 11 is 0. The number of sulfonamides is 1. The number of benzene rings is 1. The first-order chi connectivity index (χ1) is 12.5. The molecule has 3 aromatic rings. The van der Waals surface area contributed by atoms with E-state index in [1.165, 1.54) is 28.8 Å². The van der Waals surface area contributed by atoms with Gasteiger partial charge in [-0.3, -0.25) is 0 Å². The van der Waals surface area contributed by atoms with E-state index in [1.54, 1.807) is 6.20 Å². The molecule has 1 aromatic carbocycles. The standard InChI is InChI=1S/C17H18FN5O2S/c1-22(17-13-6-8-19-16(13)20-11-21-17)12-7-9-23(10-12)26(24,25)15-5-3-2-4-14(15)18/h2-6,8,11-12H,7,9-10H2,1H3,(H,19,20,21)/t12-/m1/s1. The molecule has 7 nitrogen and oxygen atoms in total. The van der Waals surface area contributed by atoms with Gasteiger partial charge < -0.3 is 9.88 Å². The van der Waals surface area contributed by atoms with Crippen LogP contribution in [-0.2, 0) is 10.0 Å². The number of likely N-dealkylation sites (N-methyl/N-ethyl adjacent to an activating group) is 1. The van der Waals surface area contributed by atoms with E-state index < -0.39 is 15.8 Å². The minimum Gasteiger partial charge on any atom is -0.355 e. The Bertz CT molecular complexity index is 1050. The Morgan fingerprint density at radius 3 is 2.88 bits per heavy atom. The summed E-state index contributed by atoms with van der Waals surface area (Å²) in [5, 5.41) is 0.880. The molecule has 1 fully saturated rings. The van der Waals surface area contributed by atoms with Crippen molar-refractivity contribution < 1.29 is 12.8 Å². The first-order valence-corrected chi connectivity index (χ1v) is 9.68. The molecule has 1 saturated heterocycles. The van der Waals surface area contributed by atoms with E-state index in [4.69, 9.17) is 0 Å². The van der Waals surface area contributed by atoms with Gasteiger partial charge in [0.2, 0.25) is 10.0 Å². The van der Waals surface area contributed by atoms with Gasteiger partial charge in [0.25, 0.3) is 0 Å². The Morgan fingerprint density at radius 2 is 2.08 bits per heavy atom. The minimum atomic E-state index is -3.86. The molecule has 0 unspecified atom stereocenters. The lowest BCUT2D eigenvalue weighted by Crippen LogP contribution is -2.37. The monoisotopic (exact) mass is 375 g/mol. The number of H-pyrrole nitrogens is 1. The van der Waals surface area contributed by atoms with Crippen molar-refractivity contribution in [2.45, 2.75) is 17.4 Å². The molecule has 0 radical (unpaired) electrons. The fourth-order valence-corrected chi connectivity index (χ4v) is 4.91. The maximum absolute atomic E-state index is 14.0. The molecule has 1 aliphatic rings. The van der Waals surface area contributed by atoms with Gasteiger partial charge in [-0.1, -0.05) is 12.1 Å². The van der Waals surface area contributed by atoms with Gasteiger partial charge in [-0.2, -0.15) is 4.31 Å². The predicted molar refractivity (Wildman–Crippen MR) is 95.9 cm³/mol. The molecule has 1 aliphatic heterocycles. The Labute approximate surface area is 150 Å². The van der Waals surface area contributed by atoms with Crippen LogP contribution in [0.15, 0.2) is 47.8 Å². The van der Waals surface area contributed by atoms with E-state index in [0.29, 0.717) is 13.0 Å². The number of halogens is 1. The van der Waals surface area contributed by atoms with E-state index in [-0.39, 0.29) is 17.5 Å². The highest BCUT2D eigenvalue weighted by atomic mass is 32.2. The summed E-state index contributed by atoms with van der Waals surface area (Å²) in [4.78, 5) is 13.3. The summed E-state index contributed by atoms with van der Waals surface area (Å²) in [6, 6.07) is 7.31. The number of rotatable bonds is 4. The summed E-state index contributed by atoms with van der Waals surface area (Å²) in [6.07, 6.45) is 3.91. The molecule has 4 rings (SSSR count). The maximum atomic E-state index is 14.0. The zero-order valence-corrected chi connectivity index (χ0v) is 14.9. The summed E-state index contributed by atoms with van der Waals surface area (Å²) < 4.78 is 40.8. The Hall–Kier alpha value is -2.52. The third-order valence-corrected chi connectivity index (χ3v) is 6.69. The lowest BCUT2D eigenvalue weighted by molar-refractivity contribution is 0.463. The topological polar surface area (TPSA) is 82.2 Å². The smallest absolute Gasteiger partial charge is 0.246 e. The number of hydrogen-bond acceptors (Lipinski definition) is 5. The van der Waals surface area contributed by atoms with Crippen LogP contribution in [0.25, 0.3) is 11.0 Å². The molecular weight excluding hydrogens is 357 g/mol. The number of nitrogens with one attached hydrogen (secondary N) is 1. The fraction of sp³-hybridized carbons (Fsp3) is 0.294. The third kappa shape index (κ3) is 2.73. The van der Waals surface area contributed by atoms with Crippen LogP contribution < -0.4 is 4.90 Å². The van der Waals surface area contributed by atoms with Crippen molar-refractivity contribution in [2.75, 3.05) is 25.0 Å². The van der Waals surface area contributed by atoms with Crippen LogP contribution in [0.5, 0.6) is 0 Å². The molecule has 26 heavy (non-hydrogen) atoms. The van der Waals surface area contributed by atoms with Gasteiger partial charge in [0, 0.05) is 32.4 Å². The third-order valence-electron chi connectivity index (χ3n) is 4.80. The SMILES string of the molecule is CN(c1ncnc2[nH]ccc12)[C@@H]1CCN(S(=O)(=O)c2ccccc2F)C1. The highest BCUT2D eigenvalue weighted by molar-refractivity contribution is 7.89. The Kier molecular flexibility index (Phi) is 4.12. The van der Waals surface area contributed by atoms with Crippen molar-refractivity contribution >= 4 is 26.9 Å². The number of anilines is 1. The Morgan fingerprint density at radius 1 is 1.27 bits per heavy atom. The minimum absolute atomic E-state index is 0.0513. The molecule has 3 heterocycles. The summed E-state index contributed by atoms with van der Waals surface area (Å²) in [7, 11) is -1.97. The van der Waals surface area contributed by atoms with E-state index in [9.17, 15) is 12.8 Å². The fourth-order valence-electron chi connectivity index (χ4n) is 3.35. The van der Waals surface area contributed by atoms with Crippen molar-refractivity contribution in [3.8, 4) is 0 Å². The normalized spacial score (nSPS) is 18.5. The first-order valence-electron chi connectivity index (χ1n) is 8.24. The average Bonchev–Trinajstić information content (AvgIpc) is 3.30. The molecule has 0 bridgehead atoms. The average molecular weight is 375 g/mol. The highest BCUT2D eigenvalue weighted by Crippen LogP contribution is 2.29. The van der Waals surface area contributed by atoms with Gasteiger partial charge in [-0.25, -0.2) is 22.8 Å². The largest absolute Gasteiger partial charge is 0.355 e. The zero-order chi connectivity index (χ0) is 18.3. The van der Waals surface area contributed by atoms with Crippen molar-refractivity contribution in [3.63, 3.8) is 0 Å². The van der Waals surface area contributed by atoms with Gasteiger partial charge in [0.1, 0.15) is 28.5 Å². The van der Waals surface area contributed by atoms with Gasteiger partial charge in [0.05, 0.1) is 5.39 Å². The first kappa shape index (κ1) is 16.9. The van der Waals surface area contributed by atoms with E-state index in [2.05, 4.69) is 15.0 Å². The molecule has 0 amide bonds. The number of aromatic amines is 1. The van der Waals surface area contributed by atoms with E-state index >= 15 is 0 Å². The lowest BCUT2D eigenvalue weighted by Gasteiger charge is -2.26. The zero-order valence-electron chi connectivity index (χ0n) is 14.1. The molecule has 1 N–H and O–H groups in total. The lowest BCUT2D eigenvalue weighted by atomic mass is 10.2. The summed E-state index contributed by atoms with van der Waals surface area (Å²) in [5.41, 5.74) is 0.732. The second-order valence-corrected chi connectivity index (χ2v) is 8.19. The number of aromatic nitrogens is 3. The van der Waals surface area contributed by atoms with Crippen LogP contribution in [-0.4, -0.2) is 53.9 Å². The van der Waals surface area contributed by atoms with Gasteiger partial charge in [0.15, 0.2) is 0 Å². The van der Waals surface area contributed by atoms with Crippen molar-refractivity contribution in [1.82, 2.24) is 19.3 Å². The molecule has 2 aromatic heterocycles. The molecular formula is C17H18FN5O2S. The van der Waals surface area contributed by atoms with Crippen LogP contribution in [0.1, 0.15) is 6.42 Å². The Balaban J connectivity index is 1.59. The number of fused-ring (bicyclic) bond motifs is 1. The van der Waals surface area contributed by atoms with Crippen molar-refractivity contribution in [3.05, 3.63) is 48.7 Å². The van der Waals surface area contributed by atoms with Crippen LogP contribution in [0.2, 0.25) is 0 Å². The highest BCUT2D eigenvalue weighted by Gasteiger charge is 2.36. The van der Waals surface area contributed by atoms with Crippen molar-refractivity contribution in [1.29, 1.82) is 0 Å². The second kappa shape index (κ2) is 6.33. The molecule has 0 aliphatic carbocycles. The van der Waals surface area contributed by atoms with Crippen LogP contribution in [0.4, 0.5) is 10.2 Å². The van der Waals surface area contributed by atoms with Gasteiger partial charge >= 0.3 is 0 Å². The van der Waals surface area contributed by atoms with E-state index in [0.717, 1.165) is 22.9 Å². The maximum Gasteiger partial charge on any atom is 0.246 e. The van der Waals surface area contributed by atoms with Crippen molar-refractivity contribution in [2.24, 2.45) is 0 Å². The second-order valence-electron chi connectivity index (χ2n) is 6.28. The number of nitrogens with zero attached hydrogens (tertiary/aromatic N) is 4. The van der Waals surface area contributed by atoms with Gasteiger partial charge in [-0.05, 0) is 24.6 Å². The van der Waals surface area contributed by atoms with Crippen LogP contribution >= 0.6 is 0 Å². The number of hydrogen-bond donors (Lipinski definition) is 1. The van der Waals surface area contributed by atoms with Crippen LogP contribution in [0, 0.1) is 5.82 Å². The quantitative estimate of drug-likeness (QED) is 0.754. The molecule has 0 saturated carbocycles. The molecule has 1 atom stereocenters.